The first-order chi connectivity index (χ1) is 9.61. The molecular weight excluding hydrogens is 274 g/mol. The van der Waals surface area contributed by atoms with E-state index in [-0.39, 0.29) is 23.0 Å². The molecule has 1 heterocycles. The van der Waals surface area contributed by atoms with E-state index in [2.05, 4.69) is 5.32 Å². The van der Waals surface area contributed by atoms with Gasteiger partial charge in [-0.15, -0.1) is 11.3 Å². The zero-order chi connectivity index (χ0) is 14.1. The Balaban J connectivity index is 1.87. The van der Waals surface area contributed by atoms with Crippen LogP contribution < -0.4 is 5.32 Å². The Morgan fingerprint density at radius 3 is 2.50 bits per heavy atom. The highest BCUT2D eigenvalue weighted by molar-refractivity contribution is 7.17. The number of nitrogens with one attached hydrogen (secondary N) is 1. The third-order valence-corrected chi connectivity index (χ3v) is 3.77. The van der Waals surface area contributed by atoms with Gasteiger partial charge in [0.25, 0.3) is 5.91 Å². The number of hydrogen-bond acceptors (Lipinski definition) is 4. The van der Waals surface area contributed by atoms with Crippen molar-refractivity contribution in [2.24, 2.45) is 0 Å². The van der Waals surface area contributed by atoms with Gasteiger partial charge in [-0.1, -0.05) is 0 Å². The van der Waals surface area contributed by atoms with Crippen LogP contribution in [0.4, 0.5) is 5.69 Å². The zero-order valence-electron chi connectivity index (χ0n) is 10.3. The molecule has 1 aromatic heterocycles. The molecule has 3 N–H and O–H groups in total. The van der Waals surface area contributed by atoms with Gasteiger partial charge < -0.3 is 15.5 Å². The summed E-state index contributed by atoms with van der Waals surface area (Å²) in [6.45, 7) is 0. The molecule has 0 saturated carbocycles. The summed E-state index contributed by atoms with van der Waals surface area (Å²) in [4.78, 5) is 12.1. The summed E-state index contributed by atoms with van der Waals surface area (Å²) in [6.07, 6.45) is 0. The summed E-state index contributed by atoms with van der Waals surface area (Å²) in [6, 6.07) is 11.4. The monoisotopic (exact) mass is 285 g/mol. The van der Waals surface area contributed by atoms with Crippen molar-refractivity contribution in [2.75, 3.05) is 5.32 Å². The zero-order valence-corrected chi connectivity index (χ0v) is 11.1. The van der Waals surface area contributed by atoms with Crippen LogP contribution in [-0.2, 0) is 0 Å². The first-order valence-electron chi connectivity index (χ1n) is 5.93. The first kappa shape index (κ1) is 12.5. The molecule has 3 rings (SSSR count). The lowest BCUT2D eigenvalue weighted by atomic mass is 10.1. The van der Waals surface area contributed by atoms with E-state index in [0.717, 1.165) is 10.1 Å². The van der Waals surface area contributed by atoms with E-state index in [0.29, 0.717) is 5.69 Å². The minimum Gasteiger partial charge on any atom is -0.508 e. The van der Waals surface area contributed by atoms with Crippen LogP contribution in [0.3, 0.4) is 0 Å². The number of phenols is 2. The van der Waals surface area contributed by atoms with Gasteiger partial charge in [0.1, 0.15) is 11.5 Å². The van der Waals surface area contributed by atoms with E-state index in [9.17, 15) is 15.0 Å². The summed E-state index contributed by atoms with van der Waals surface area (Å²) in [5, 5.41) is 24.6. The highest BCUT2D eigenvalue weighted by Crippen LogP contribution is 2.25. The molecule has 2 aromatic carbocycles. The third kappa shape index (κ3) is 2.44. The number of fused-ring (bicyclic) bond motifs is 1. The van der Waals surface area contributed by atoms with Crippen LogP contribution in [0.1, 0.15) is 10.4 Å². The second kappa shape index (κ2) is 4.86. The van der Waals surface area contributed by atoms with Crippen molar-refractivity contribution in [3.8, 4) is 11.5 Å². The maximum atomic E-state index is 12.1. The lowest BCUT2D eigenvalue weighted by Gasteiger charge is -2.06. The van der Waals surface area contributed by atoms with Crippen molar-refractivity contribution in [1.82, 2.24) is 0 Å². The highest BCUT2D eigenvalue weighted by Gasteiger charge is 2.09. The number of thiophene rings is 1. The average Bonchev–Trinajstić information content (AvgIpc) is 2.85. The number of carbonyl (C=O) groups excluding carboxylic acids is 1. The van der Waals surface area contributed by atoms with Crippen molar-refractivity contribution in [2.45, 2.75) is 0 Å². The number of benzene rings is 2. The predicted octanol–water partition coefficient (Wildman–Crippen LogP) is 3.56. The minimum atomic E-state index is -0.384. The van der Waals surface area contributed by atoms with Gasteiger partial charge in [0.2, 0.25) is 0 Å². The smallest absolute Gasteiger partial charge is 0.255 e. The minimum absolute atomic E-state index is 0.150. The van der Waals surface area contributed by atoms with Gasteiger partial charge in [0.05, 0.1) is 0 Å². The van der Waals surface area contributed by atoms with Crippen LogP contribution in [0.25, 0.3) is 10.1 Å². The number of rotatable bonds is 2. The van der Waals surface area contributed by atoms with Crippen LogP contribution >= 0.6 is 11.3 Å². The van der Waals surface area contributed by atoms with E-state index in [1.165, 1.54) is 18.2 Å². The van der Waals surface area contributed by atoms with E-state index in [1.54, 1.807) is 11.3 Å². The molecule has 0 aliphatic carbocycles. The molecule has 20 heavy (non-hydrogen) atoms. The number of carbonyl (C=O) groups is 1. The number of amides is 1. The van der Waals surface area contributed by atoms with Crippen LogP contribution in [0, 0.1) is 0 Å². The Bertz CT molecular complexity index is 774. The molecule has 0 unspecified atom stereocenters. The van der Waals surface area contributed by atoms with Gasteiger partial charge in [-0.2, -0.15) is 0 Å². The van der Waals surface area contributed by atoms with E-state index in [4.69, 9.17) is 0 Å². The largest absolute Gasteiger partial charge is 0.508 e. The second-order valence-corrected chi connectivity index (χ2v) is 5.31. The summed E-state index contributed by atoms with van der Waals surface area (Å²) in [7, 11) is 0. The quantitative estimate of drug-likeness (QED) is 0.674. The summed E-state index contributed by atoms with van der Waals surface area (Å²) in [5.74, 6) is -0.683. The lowest BCUT2D eigenvalue weighted by Crippen LogP contribution is -2.11. The summed E-state index contributed by atoms with van der Waals surface area (Å²) < 4.78 is 1.15. The highest BCUT2D eigenvalue weighted by atomic mass is 32.1. The Hall–Kier alpha value is -2.53. The van der Waals surface area contributed by atoms with E-state index in [1.807, 2.05) is 29.6 Å². The molecule has 0 aliphatic heterocycles. The lowest BCUT2D eigenvalue weighted by molar-refractivity contribution is 0.102. The Kier molecular flexibility index (Phi) is 3.04. The van der Waals surface area contributed by atoms with Crippen molar-refractivity contribution in [3.05, 3.63) is 53.4 Å². The van der Waals surface area contributed by atoms with Gasteiger partial charge in [0, 0.05) is 22.0 Å². The molecule has 0 aliphatic rings. The molecule has 0 radical (unpaired) electrons. The predicted molar refractivity (Wildman–Crippen MR) is 79.5 cm³/mol. The molecule has 0 fully saturated rings. The molecule has 100 valence electrons. The molecule has 0 spiro atoms. The Labute approximate surface area is 118 Å². The number of aromatic hydroxyl groups is 2. The van der Waals surface area contributed by atoms with Crippen molar-refractivity contribution >= 4 is 33.0 Å². The third-order valence-electron chi connectivity index (χ3n) is 2.87. The topological polar surface area (TPSA) is 69.6 Å². The van der Waals surface area contributed by atoms with Crippen LogP contribution in [0.2, 0.25) is 0 Å². The fraction of sp³-hybridized carbons (Fsp3) is 0. The number of phenolic OH excluding ortho intramolecular Hbond substituents is 2. The van der Waals surface area contributed by atoms with Gasteiger partial charge >= 0.3 is 0 Å². The second-order valence-electron chi connectivity index (χ2n) is 4.37. The normalized spacial score (nSPS) is 10.6. The molecule has 1 amide bonds. The average molecular weight is 285 g/mol. The van der Waals surface area contributed by atoms with Crippen LogP contribution in [0.15, 0.2) is 47.8 Å². The van der Waals surface area contributed by atoms with Crippen LogP contribution in [-0.4, -0.2) is 16.1 Å². The molecule has 0 atom stereocenters. The summed E-state index contributed by atoms with van der Waals surface area (Å²) >= 11 is 1.64. The molecule has 0 saturated heterocycles. The Morgan fingerprint density at radius 2 is 1.75 bits per heavy atom. The molecule has 4 nitrogen and oxygen atoms in total. The fourth-order valence-electron chi connectivity index (χ4n) is 1.97. The Morgan fingerprint density at radius 1 is 1.00 bits per heavy atom. The van der Waals surface area contributed by atoms with Gasteiger partial charge in [0.15, 0.2) is 0 Å². The van der Waals surface area contributed by atoms with Crippen molar-refractivity contribution < 1.29 is 15.0 Å². The SMILES string of the molecule is O=C(Nc1ccc2sccc2c1)c1cc(O)cc(O)c1. The molecule has 3 aromatic rings. The molecular formula is C15H11NO3S. The number of hydrogen-bond donors (Lipinski definition) is 3. The standard InChI is InChI=1S/C15H11NO3S/c17-12-6-10(7-13(18)8-12)15(19)16-11-1-2-14-9(5-11)3-4-20-14/h1-8,17-18H,(H,16,19). The van der Waals surface area contributed by atoms with Gasteiger partial charge in [-0.05, 0) is 47.2 Å². The van der Waals surface area contributed by atoms with Crippen LogP contribution in [0.5, 0.6) is 11.5 Å². The van der Waals surface area contributed by atoms with Crippen molar-refractivity contribution in [3.63, 3.8) is 0 Å². The maximum absolute atomic E-state index is 12.1. The van der Waals surface area contributed by atoms with Gasteiger partial charge in [-0.25, -0.2) is 0 Å². The fourth-order valence-corrected chi connectivity index (χ4v) is 2.74. The van der Waals surface area contributed by atoms with Crippen molar-refractivity contribution in [1.29, 1.82) is 0 Å². The van der Waals surface area contributed by atoms with E-state index < -0.39 is 0 Å². The maximum Gasteiger partial charge on any atom is 0.255 e. The first-order valence-corrected chi connectivity index (χ1v) is 6.81. The van der Waals surface area contributed by atoms with E-state index >= 15 is 0 Å². The molecule has 5 heteroatoms. The van der Waals surface area contributed by atoms with Gasteiger partial charge in [-0.3, -0.25) is 4.79 Å². The summed E-state index contributed by atoms with van der Waals surface area (Å²) in [5.41, 5.74) is 0.872. The number of anilines is 1. The molecule has 0 bridgehead atoms.